The van der Waals surface area contributed by atoms with Gasteiger partial charge in [0.05, 0.1) is 4.88 Å². The maximum Gasteiger partial charge on any atom is 0.243 e. The first kappa shape index (κ1) is 15.7. The molecule has 1 aromatic carbocycles. The fourth-order valence-electron chi connectivity index (χ4n) is 1.57. The second kappa shape index (κ2) is 6.83. The van der Waals surface area contributed by atoms with Crippen molar-refractivity contribution in [2.75, 3.05) is 6.61 Å². The molecule has 4 nitrogen and oxygen atoms in total. The molecule has 0 saturated heterocycles. The average molecular weight is 325 g/mol. The third-order valence-corrected chi connectivity index (χ3v) is 4.95. The fraction of sp³-hybridized carbons (Fsp3) is 0.143. The molecule has 7 heteroatoms. The van der Waals surface area contributed by atoms with Gasteiger partial charge in [-0.2, -0.15) is 0 Å². The van der Waals surface area contributed by atoms with Gasteiger partial charge in [-0.3, -0.25) is 0 Å². The van der Waals surface area contributed by atoms with E-state index in [-0.39, 0.29) is 18.0 Å². The van der Waals surface area contributed by atoms with E-state index in [1.54, 1.807) is 12.1 Å². The fourth-order valence-corrected chi connectivity index (χ4v) is 3.57. The molecule has 2 aromatic rings. The van der Waals surface area contributed by atoms with Gasteiger partial charge in [0.25, 0.3) is 0 Å². The highest BCUT2D eigenvalue weighted by molar-refractivity contribution is 7.89. The third kappa shape index (κ3) is 4.12. The maximum absolute atomic E-state index is 13.5. The first-order chi connectivity index (χ1) is 10.0. The number of nitrogens with one attached hydrogen (secondary N) is 1. The molecule has 0 atom stereocenters. The lowest BCUT2D eigenvalue weighted by Crippen LogP contribution is -2.23. The molecular weight excluding hydrogens is 313 g/mol. The monoisotopic (exact) mass is 325 g/mol. The number of sulfonamides is 1. The molecule has 0 aliphatic heterocycles. The van der Waals surface area contributed by atoms with Crippen molar-refractivity contribution in [2.45, 2.75) is 11.4 Å². The molecular formula is C14H12FNO3S2. The summed E-state index contributed by atoms with van der Waals surface area (Å²) in [5.74, 6) is 4.46. The molecule has 110 valence electrons. The SMILES string of the molecule is O=S(=O)(NCc1ccc(C#CCO)s1)c1ccccc1F. The Balaban J connectivity index is 2.09. The standard InChI is InChI=1S/C14H12FNO3S2/c15-13-5-1-2-6-14(13)21(18,19)16-10-12-8-7-11(20-12)4-3-9-17/h1-2,5-8,16-17H,9-10H2. The summed E-state index contributed by atoms with van der Waals surface area (Å²) in [5.41, 5.74) is 0. The normalized spacial score (nSPS) is 11.0. The Bertz CT molecular complexity index is 788. The van der Waals surface area contributed by atoms with Gasteiger partial charge >= 0.3 is 0 Å². The van der Waals surface area contributed by atoms with E-state index in [9.17, 15) is 12.8 Å². The lowest BCUT2D eigenvalue weighted by atomic mass is 10.4. The van der Waals surface area contributed by atoms with Gasteiger partial charge in [-0.05, 0) is 24.3 Å². The molecule has 0 bridgehead atoms. The van der Waals surface area contributed by atoms with E-state index in [1.165, 1.54) is 29.5 Å². The van der Waals surface area contributed by atoms with E-state index in [0.717, 1.165) is 15.8 Å². The van der Waals surface area contributed by atoms with Gasteiger partial charge < -0.3 is 5.11 Å². The molecule has 0 spiro atoms. The summed E-state index contributed by atoms with van der Waals surface area (Å²) in [6, 6.07) is 8.67. The van der Waals surface area contributed by atoms with Gasteiger partial charge in [-0.15, -0.1) is 11.3 Å². The number of hydrogen-bond acceptors (Lipinski definition) is 4. The van der Waals surface area contributed by atoms with Crippen LogP contribution in [0.1, 0.15) is 9.75 Å². The molecule has 2 rings (SSSR count). The van der Waals surface area contributed by atoms with Crippen molar-refractivity contribution in [2.24, 2.45) is 0 Å². The number of rotatable bonds is 4. The zero-order valence-electron chi connectivity index (χ0n) is 10.8. The summed E-state index contributed by atoms with van der Waals surface area (Å²) in [7, 11) is -3.89. The van der Waals surface area contributed by atoms with Crippen molar-refractivity contribution in [3.05, 3.63) is 52.0 Å². The van der Waals surface area contributed by atoms with Crippen molar-refractivity contribution in [1.29, 1.82) is 0 Å². The van der Waals surface area contributed by atoms with E-state index >= 15 is 0 Å². The minimum atomic E-state index is -3.89. The molecule has 2 N–H and O–H groups in total. The molecule has 0 aliphatic rings. The Hall–Kier alpha value is -1.72. The van der Waals surface area contributed by atoms with Crippen LogP contribution in [0.5, 0.6) is 0 Å². The highest BCUT2D eigenvalue weighted by atomic mass is 32.2. The predicted molar refractivity (Wildman–Crippen MR) is 78.7 cm³/mol. The molecule has 0 amide bonds. The smallest absolute Gasteiger partial charge is 0.243 e. The van der Waals surface area contributed by atoms with E-state index in [0.29, 0.717) is 0 Å². The largest absolute Gasteiger partial charge is 0.384 e. The Labute approximate surface area is 126 Å². The van der Waals surface area contributed by atoms with Gasteiger partial charge in [0.1, 0.15) is 17.3 Å². The summed E-state index contributed by atoms with van der Waals surface area (Å²) in [5, 5.41) is 8.60. The molecule has 0 radical (unpaired) electrons. The minimum absolute atomic E-state index is 0.0577. The molecule has 0 saturated carbocycles. The molecule has 0 fully saturated rings. The number of benzene rings is 1. The molecule has 1 aromatic heterocycles. The molecule has 1 heterocycles. The lowest BCUT2D eigenvalue weighted by Gasteiger charge is -2.06. The summed E-state index contributed by atoms with van der Waals surface area (Å²) in [4.78, 5) is 1.10. The first-order valence-corrected chi connectivity index (χ1v) is 8.25. The van der Waals surface area contributed by atoms with E-state index in [4.69, 9.17) is 5.11 Å². The highest BCUT2D eigenvalue weighted by Gasteiger charge is 2.18. The van der Waals surface area contributed by atoms with Gasteiger partial charge in [-0.1, -0.05) is 24.0 Å². The zero-order chi connectivity index (χ0) is 15.3. The summed E-state index contributed by atoms with van der Waals surface area (Å²) >= 11 is 1.31. The van der Waals surface area contributed by atoms with Crippen LogP contribution < -0.4 is 4.72 Å². The van der Waals surface area contributed by atoms with Crippen LogP contribution in [-0.2, 0) is 16.6 Å². The third-order valence-electron chi connectivity index (χ3n) is 2.51. The first-order valence-electron chi connectivity index (χ1n) is 5.95. The van der Waals surface area contributed by atoms with Crippen molar-refractivity contribution in [3.63, 3.8) is 0 Å². The van der Waals surface area contributed by atoms with E-state index in [2.05, 4.69) is 16.6 Å². The Morgan fingerprint density at radius 2 is 2.00 bits per heavy atom. The summed E-state index contributed by atoms with van der Waals surface area (Å²) in [6.07, 6.45) is 0. The highest BCUT2D eigenvalue weighted by Crippen LogP contribution is 2.17. The number of thiophene rings is 1. The summed E-state index contributed by atoms with van der Waals surface area (Å²) in [6.45, 7) is -0.171. The van der Waals surface area contributed by atoms with Crippen LogP contribution in [0.25, 0.3) is 0 Å². The van der Waals surface area contributed by atoms with Gasteiger partial charge in [0.15, 0.2) is 0 Å². The summed E-state index contributed by atoms with van der Waals surface area (Å²) < 4.78 is 39.8. The van der Waals surface area contributed by atoms with E-state index < -0.39 is 15.8 Å². The number of halogens is 1. The molecule has 0 unspecified atom stereocenters. The van der Waals surface area contributed by atoms with Crippen LogP contribution in [0, 0.1) is 17.7 Å². The van der Waals surface area contributed by atoms with Gasteiger partial charge in [0.2, 0.25) is 10.0 Å². The number of aliphatic hydroxyl groups is 1. The van der Waals surface area contributed by atoms with Crippen LogP contribution in [0.15, 0.2) is 41.3 Å². The minimum Gasteiger partial charge on any atom is -0.384 e. The quantitative estimate of drug-likeness (QED) is 0.841. The second-order valence-electron chi connectivity index (χ2n) is 3.98. The van der Waals surface area contributed by atoms with Gasteiger partial charge in [-0.25, -0.2) is 17.5 Å². The second-order valence-corrected chi connectivity index (χ2v) is 6.88. The van der Waals surface area contributed by atoms with Crippen molar-refractivity contribution in [3.8, 4) is 11.8 Å². The topological polar surface area (TPSA) is 66.4 Å². The maximum atomic E-state index is 13.5. The predicted octanol–water partition coefficient (Wildman–Crippen LogP) is 1.71. The Morgan fingerprint density at radius 3 is 2.71 bits per heavy atom. The number of hydrogen-bond donors (Lipinski definition) is 2. The van der Waals surface area contributed by atoms with Crippen LogP contribution in [0.2, 0.25) is 0 Å². The van der Waals surface area contributed by atoms with E-state index in [1.807, 2.05) is 0 Å². The lowest BCUT2D eigenvalue weighted by molar-refractivity contribution is 0.350. The van der Waals surface area contributed by atoms with Crippen LogP contribution in [0.3, 0.4) is 0 Å². The van der Waals surface area contributed by atoms with Crippen LogP contribution in [-0.4, -0.2) is 20.1 Å². The van der Waals surface area contributed by atoms with Crippen molar-refractivity contribution in [1.82, 2.24) is 4.72 Å². The average Bonchev–Trinajstić information content (AvgIpc) is 2.91. The molecule has 0 aliphatic carbocycles. The van der Waals surface area contributed by atoms with Gasteiger partial charge in [0, 0.05) is 11.4 Å². The Kier molecular flexibility index (Phi) is 5.09. The van der Waals surface area contributed by atoms with Crippen molar-refractivity contribution < 1.29 is 17.9 Å². The Morgan fingerprint density at radius 1 is 1.24 bits per heavy atom. The van der Waals surface area contributed by atoms with Crippen molar-refractivity contribution >= 4 is 21.4 Å². The number of aliphatic hydroxyl groups excluding tert-OH is 1. The van der Waals surface area contributed by atoms with Crippen LogP contribution in [0.4, 0.5) is 4.39 Å². The molecule has 21 heavy (non-hydrogen) atoms. The zero-order valence-corrected chi connectivity index (χ0v) is 12.5. The van der Waals surface area contributed by atoms with Crippen LogP contribution >= 0.6 is 11.3 Å².